The molecule has 0 saturated heterocycles. The first-order valence-electron chi connectivity index (χ1n) is 6.13. The molecule has 0 unspecified atom stereocenters. The number of benzene rings is 1. The summed E-state index contributed by atoms with van der Waals surface area (Å²) >= 11 is 3.55. The fraction of sp³-hybridized carbons (Fsp3) is 0.400. The third kappa shape index (κ3) is 2.01. The van der Waals surface area contributed by atoms with Gasteiger partial charge in [-0.3, -0.25) is 0 Å². The van der Waals surface area contributed by atoms with Crippen molar-refractivity contribution in [2.75, 3.05) is 6.61 Å². The highest BCUT2D eigenvalue weighted by Gasteiger charge is 2.27. The highest BCUT2D eigenvalue weighted by Crippen LogP contribution is 2.40. The molecule has 3 heteroatoms. The van der Waals surface area contributed by atoms with Gasteiger partial charge in [0.05, 0.1) is 12.2 Å². The average Bonchev–Trinajstić information content (AvgIpc) is 2.65. The Morgan fingerprint density at radius 1 is 1.33 bits per heavy atom. The minimum atomic E-state index is -0.213. The zero-order valence-electron chi connectivity index (χ0n) is 11.2. The lowest BCUT2D eigenvalue weighted by molar-refractivity contribution is -0.138. The SMILES string of the molecule is CCOC(=O)C1=C(Br)c2cc(C)c(C)c(C)c2C1. The van der Waals surface area contributed by atoms with E-state index in [4.69, 9.17) is 4.74 Å². The van der Waals surface area contributed by atoms with E-state index in [0.717, 1.165) is 15.6 Å². The fourth-order valence-electron chi connectivity index (χ4n) is 2.36. The lowest BCUT2D eigenvalue weighted by Gasteiger charge is -2.11. The molecule has 0 spiro atoms. The number of fused-ring (bicyclic) bond motifs is 1. The first-order chi connectivity index (χ1) is 8.47. The molecule has 2 rings (SSSR count). The van der Waals surface area contributed by atoms with Crippen LogP contribution in [-0.4, -0.2) is 12.6 Å². The first kappa shape index (κ1) is 13.3. The second-order valence-corrected chi connectivity index (χ2v) is 5.45. The quantitative estimate of drug-likeness (QED) is 0.776. The molecule has 0 radical (unpaired) electrons. The molecular formula is C15H17BrO2. The lowest BCUT2D eigenvalue weighted by Crippen LogP contribution is -2.08. The molecule has 0 atom stereocenters. The predicted octanol–water partition coefficient (Wildman–Crippen LogP) is 3.84. The third-order valence-corrected chi connectivity index (χ3v) is 4.58. The summed E-state index contributed by atoms with van der Waals surface area (Å²) in [5, 5.41) is 0. The summed E-state index contributed by atoms with van der Waals surface area (Å²) < 4.78 is 5.99. The van der Waals surface area contributed by atoms with Crippen LogP contribution in [0, 0.1) is 20.8 Å². The van der Waals surface area contributed by atoms with E-state index in [1.165, 1.54) is 22.3 Å². The van der Waals surface area contributed by atoms with Crippen molar-refractivity contribution in [1.29, 1.82) is 0 Å². The average molecular weight is 309 g/mol. The van der Waals surface area contributed by atoms with Crippen molar-refractivity contribution < 1.29 is 9.53 Å². The maximum atomic E-state index is 11.9. The van der Waals surface area contributed by atoms with Gasteiger partial charge in [-0.25, -0.2) is 4.79 Å². The van der Waals surface area contributed by atoms with Crippen molar-refractivity contribution in [3.63, 3.8) is 0 Å². The van der Waals surface area contributed by atoms with Crippen LogP contribution in [0.2, 0.25) is 0 Å². The van der Waals surface area contributed by atoms with Gasteiger partial charge < -0.3 is 4.74 Å². The molecule has 2 nitrogen and oxygen atoms in total. The molecule has 0 N–H and O–H groups in total. The van der Waals surface area contributed by atoms with Crippen LogP contribution in [0.3, 0.4) is 0 Å². The zero-order chi connectivity index (χ0) is 13.4. The van der Waals surface area contributed by atoms with Gasteiger partial charge in [0.2, 0.25) is 0 Å². The number of esters is 1. The first-order valence-corrected chi connectivity index (χ1v) is 6.92. The maximum Gasteiger partial charge on any atom is 0.335 e. The highest BCUT2D eigenvalue weighted by atomic mass is 79.9. The van der Waals surface area contributed by atoms with Crippen LogP contribution in [0.1, 0.15) is 34.7 Å². The Morgan fingerprint density at radius 3 is 2.61 bits per heavy atom. The van der Waals surface area contributed by atoms with Crippen LogP contribution in [0.5, 0.6) is 0 Å². The topological polar surface area (TPSA) is 26.3 Å². The van der Waals surface area contributed by atoms with Crippen LogP contribution in [0.25, 0.3) is 4.48 Å². The van der Waals surface area contributed by atoms with Crippen LogP contribution >= 0.6 is 15.9 Å². The largest absolute Gasteiger partial charge is 0.463 e. The molecule has 1 aliphatic rings. The van der Waals surface area contributed by atoms with Gasteiger partial charge in [-0.05, 0) is 71.4 Å². The molecule has 0 saturated carbocycles. The minimum Gasteiger partial charge on any atom is -0.463 e. The van der Waals surface area contributed by atoms with E-state index in [2.05, 4.69) is 42.8 Å². The van der Waals surface area contributed by atoms with Gasteiger partial charge in [-0.1, -0.05) is 6.07 Å². The summed E-state index contributed by atoms with van der Waals surface area (Å²) in [7, 11) is 0. The molecule has 1 aliphatic carbocycles. The molecule has 1 aromatic carbocycles. The molecule has 0 aliphatic heterocycles. The van der Waals surface area contributed by atoms with Crippen molar-refractivity contribution in [2.45, 2.75) is 34.1 Å². The Bertz CT molecular complexity index is 556. The van der Waals surface area contributed by atoms with Gasteiger partial charge in [0, 0.05) is 10.9 Å². The molecule has 0 amide bonds. The van der Waals surface area contributed by atoms with Gasteiger partial charge in [-0.15, -0.1) is 0 Å². The van der Waals surface area contributed by atoms with Crippen LogP contribution < -0.4 is 0 Å². The molecule has 0 heterocycles. The smallest absolute Gasteiger partial charge is 0.335 e. The third-order valence-electron chi connectivity index (χ3n) is 3.67. The Kier molecular flexibility index (Phi) is 3.62. The molecular weight excluding hydrogens is 292 g/mol. The highest BCUT2D eigenvalue weighted by molar-refractivity contribution is 9.15. The van der Waals surface area contributed by atoms with Crippen molar-refractivity contribution in [1.82, 2.24) is 0 Å². The molecule has 96 valence electrons. The van der Waals surface area contributed by atoms with Crippen LogP contribution in [0.4, 0.5) is 0 Å². The molecule has 0 fully saturated rings. The van der Waals surface area contributed by atoms with Gasteiger partial charge in [0.1, 0.15) is 0 Å². The van der Waals surface area contributed by atoms with Gasteiger partial charge in [0.15, 0.2) is 0 Å². The van der Waals surface area contributed by atoms with Crippen LogP contribution in [-0.2, 0) is 16.0 Å². The van der Waals surface area contributed by atoms with Crippen molar-refractivity contribution in [2.24, 2.45) is 0 Å². The fourth-order valence-corrected chi connectivity index (χ4v) is 3.01. The molecule has 18 heavy (non-hydrogen) atoms. The number of rotatable bonds is 2. The van der Waals surface area contributed by atoms with E-state index in [-0.39, 0.29) is 5.97 Å². The number of hydrogen-bond donors (Lipinski definition) is 0. The van der Waals surface area contributed by atoms with E-state index < -0.39 is 0 Å². The number of halogens is 1. The number of carbonyl (C=O) groups is 1. The Hall–Kier alpha value is -1.09. The monoisotopic (exact) mass is 308 g/mol. The predicted molar refractivity (Wildman–Crippen MR) is 76.8 cm³/mol. The van der Waals surface area contributed by atoms with Gasteiger partial charge in [0.25, 0.3) is 0 Å². The number of aryl methyl sites for hydroxylation is 1. The second kappa shape index (κ2) is 4.88. The van der Waals surface area contributed by atoms with E-state index in [9.17, 15) is 4.79 Å². The van der Waals surface area contributed by atoms with Gasteiger partial charge in [-0.2, -0.15) is 0 Å². The van der Waals surface area contributed by atoms with E-state index in [0.29, 0.717) is 13.0 Å². The lowest BCUT2D eigenvalue weighted by atomic mass is 9.95. The zero-order valence-corrected chi connectivity index (χ0v) is 12.8. The normalized spacial score (nSPS) is 13.8. The Morgan fingerprint density at radius 2 is 2.00 bits per heavy atom. The summed E-state index contributed by atoms with van der Waals surface area (Å²) in [5.41, 5.74) is 6.96. The number of ether oxygens (including phenoxy) is 1. The summed E-state index contributed by atoms with van der Waals surface area (Å²) in [6, 6.07) is 2.15. The summed E-state index contributed by atoms with van der Waals surface area (Å²) in [6.45, 7) is 8.59. The van der Waals surface area contributed by atoms with E-state index in [1.807, 2.05) is 6.92 Å². The molecule has 1 aromatic rings. The van der Waals surface area contributed by atoms with Crippen molar-refractivity contribution >= 4 is 26.4 Å². The van der Waals surface area contributed by atoms with E-state index in [1.54, 1.807) is 0 Å². The molecule has 0 bridgehead atoms. The minimum absolute atomic E-state index is 0.213. The van der Waals surface area contributed by atoms with Gasteiger partial charge >= 0.3 is 5.97 Å². The second-order valence-electron chi connectivity index (χ2n) is 4.66. The number of carbonyl (C=O) groups excluding carboxylic acids is 1. The Labute approximate surface area is 116 Å². The standard InChI is InChI=1S/C15H17BrO2/c1-5-18-15(17)13-7-11-10(4)9(3)8(2)6-12(11)14(13)16/h6H,5,7H2,1-4H3. The Balaban J connectivity index is 2.49. The number of hydrogen-bond acceptors (Lipinski definition) is 2. The maximum absolute atomic E-state index is 11.9. The summed E-state index contributed by atoms with van der Waals surface area (Å²) in [4.78, 5) is 11.9. The molecule has 0 aromatic heterocycles. The summed E-state index contributed by atoms with van der Waals surface area (Å²) in [5.74, 6) is -0.213. The van der Waals surface area contributed by atoms with E-state index >= 15 is 0 Å². The van der Waals surface area contributed by atoms with Crippen molar-refractivity contribution in [3.05, 3.63) is 39.5 Å². The summed E-state index contributed by atoms with van der Waals surface area (Å²) in [6.07, 6.45) is 0.668. The van der Waals surface area contributed by atoms with Crippen molar-refractivity contribution in [3.8, 4) is 0 Å². The van der Waals surface area contributed by atoms with Crippen LogP contribution in [0.15, 0.2) is 11.6 Å².